The molecule has 1 aromatic carbocycles. The summed E-state index contributed by atoms with van der Waals surface area (Å²) in [7, 11) is -1.99. The third kappa shape index (κ3) is 8.20. The lowest BCUT2D eigenvalue weighted by Crippen LogP contribution is -2.32. The molecule has 0 saturated carbocycles. The molecule has 0 radical (unpaired) electrons. The predicted molar refractivity (Wildman–Crippen MR) is 128 cm³/mol. The van der Waals surface area contributed by atoms with Crippen LogP contribution in [-0.2, 0) is 16.6 Å². The van der Waals surface area contributed by atoms with Crippen molar-refractivity contribution >= 4 is 38.9 Å². The van der Waals surface area contributed by atoms with Crippen molar-refractivity contribution in [1.29, 1.82) is 0 Å². The van der Waals surface area contributed by atoms with Gasteiger partial charge in [-0.1, -0.05) is 44.2 Å². The zero-order chi connectivity index (χ0) is 22.9. The summed E-state index contributed by atoms with van der Waals surface area (Å²) in [5, 5.41) is 3.36. The molecule has 1 atom stereocenters. The quantitative estimate of drug-likeness (QED) is 0.404. The van der Waals surface area contributed by atoms with Crippen LogP contribution in [0, 0.1) is 0 Å². The van der Waals surface area contributed by atoms with E-state index in [1.54, 1.807) is 43.4 Å². The van der Waals surface area contributed by atoms with Crippen LogP contribution in [0.1, 0.15) is 60.7 Å². The number of halogens is 1. The number of carbonyl (C=O) groups is 1. The molecule has 0 aliphatic heterocycles. The molecule has 0 aliphatic carbocycles. The number of amides is 1. The lowest BCUT2D eigenvalue weighted by atomic mass is 10.1. The Morgan fingerprint density at radius 2 is 1.84 bits per heavy atom. The monoisotopic (exact) mass is 485 g/mol. The van der Waals surface area contributed by atoms with E-state index in [0.29, 0.717) is 23.6 Å². The summed E-state index contributed by atoms with van der Waals surface area (Å²) in [5.74, 6) is -0.237. The van der Waals surface area contributed by atoms with Gasteiger partial charge in [-0.05, 0) is 49.2 Å². The first kappa shape index (κ1) is 25.8. The summed E-state index contributed by atoms with van der Waals surface area (Å²) in [5.41, 5.74) is 6.65. The molecule has 31 heavy (non-hydrogen) atoms. The van der Waals surface area contributed by atoms with E-state index in [4.69, 9.17) is 17.3 Å². The van der Waals surface area contributed by atoms with Gasteiger partial charge in [-0.3, -0.25) is 4.79 Å². The summed E-state index contributed by atoms with van der Waals surface area (Å²) in [4.78, 5) is 13.0. The Hall–Kier alpha value is -1.45. The molecule has 1 heterocycles. The minimum Gasteiger partial charge on any atom is -0.347 e. The molecule has 3 N–H and O–H groups in total. The highest BCUT2D eigenvalue weighted by atomic mass is 35.5. The Kier molecular flexibility index (Phi) is 10.4. The van der Waals surface area contributed by atoms with Crippen LogP contribution in [0.4, 0.5) is 0 Å². The second kappa shape index (κ2) is 12.6. The van der Waals surface area contributed by atoms with Gasteiger partial charge in [0.05, 0.1) is 6.54 Å². The fourth-order valence-electron chi connectivity index (χ4n) is 3.06. The second-order valence-corrected chi connectivity index (χ2v) is 11.5. The third-order valence-electron chi connectivity index (χ3n) is 5.07. The average Bonchev–Trinajstić information content (AvgIpc) is 3.23. The maximum absolute atomic E-state index is 12.8. The summed E-state index contributed by atoms with van der Waals surface area (Å²) < 4.78 is 27.3. The average molecular weight is 486 g/mol. The number of sulfonamides is 1. The van der Waals surface area contributed by atoms with E-state index in [-0.39, 0.29) is 22.7 Å². The zero-order valence-electron chi connectivity index (χ0n) is 18.1. The number of benzene rings is 1. The number of unbranched alkanes of at least 4 members (excludes halogenated alkanes) is 3. The van der Waals surface area contributed by atoms with Crippen LogP contribution < -0.4 is 11.1 Å². The van der Waals surface area contributed by atoms with Crippen molar-refractivity contribution in [2.75, 3.05) is 13.6 Å². The lowest BCUT2D eigenvalue weighted by molar-refractivity contribution is 0.0951. The van der Waals surface area contributed by atoms with Crippen LogP contribution >= 0.6 is 22.9 Å². The van der Waals surface area contributed by atoms with Crippen LogP contribution in [0.3, 0.4) is 0 Å². The van der Waals surface area contributed by atoms with E-state index in [0.717, 1.165) is 29.1 Å². The van der Waals surface area contributed by atoms with Gasteiger partial charge in [0, 0.05) is 35.1 Å². The van der Waals surface area contributed by atoms with Crippen molar-refractivity contribution < 1.29 is 13.2 Å². The van der Waals surface area contributed by atoms with Gasteiger partial charge >= 0.3 is 0 Å². The standard InChI is InChI=1S/C22H32ClN3O3S2/c1-3-4-5-6-7-19(24)14-15-26(2)31(28,29)21-13-12-20(30-21)16-25-22(27)17-8-10-18(23)11-9-17/h8-13,19H,3-7,14-16,24H2,1-2H3,(H,25,27). The Balaban J connectivity index is 1.85. The Bertz CT molecular complexity index is 930. The molecular weight excluding hydrogens is 454 g/mol. The van der Waals surface area contributed by atoms with E-state index >= 15 is 0 Å². The van der Waals surface area contributed by atoms with Crippen molar-refractivity contribution in [1.82, 2.24) is 9.62 Å². The van der Waals surface area contributed by atoms with Crippen molar-refractivity contribution in [3.63, 3.8) is 0 Å². The number of thiophene rings is 1. The molecule has 1 amide bonds. The molecule has 2 aromatic rings. The van der Waals surface area contributed by atoms with Crippen molar-refractivity contribution in [3.8, 4) is 0 Å². The molecule has 0 aliphatic rings. The van der Waals surface area contributed by atoms with Gasteiger partial charge in [-0.25, -0.2) is 12.7 Å². The molecule has 0 saturated heterocycles. The third-order valence-corrected chi connectivity index (χ3v) is 8.74. The Morgan fingerprint density at radius 1 is 1.13 bits per heavy atom. The molecule has 9 heteroatoms. The largest absolute Gasteiger partial charge is 0.347 e. The summed E-state index contributed by atoms with van der Waals surface area (Å²) in [6, 6.07) is 9.92. The highest BCUT2D eigenvalue weighted by Crippen LogP contribution is 2.25. The van der Waals surface area contributed by atoms with E-state index in [9.17, 15) is 13.2 Å². The van der Waals surface area contributed by atoms with Gasteiger partial charge in [0.25, 0.3) is 15.9 Å². The summed E-state index contributed by atoms with van der Waals surface area (Å²) >= 11 is 7.00. The molecular formula is C22H32ClN3O3S2. The molecule has 172 valence electrons. The molecule has 0 spiro atoms. The zero-order valence-corrected chi connectivity index (χ0v) is 20.5. The fraction of sp³-hybridized carbons (Fsp3) is 0.500. The number of nitrogens with zero attached hydrogens (tertiary/aromatic N) is 1. The van der Waals surface area contributed by atoms with Crippen molar-refractivity contribution in [2.45, 2.75) is 62.2 Å². The fourth-order valence-corrected chi connectivity index (χ4v) is 5.88. The predicted octanol–water partition coefficient (Wildman–Crippen LogP) is 4.64. The van der Waals surface area contributed by atoms with Gasteiger partial charge in [-0.2, -0.15) is 0 Å². The first-order chi connectivity index (χ1) is 14.7. The number of hydrogen-bond acceptors (Lipinski definition) is 5. The Morgan fingerprint density at radius 3 is 2.52 bits per heavy atom. The maximum Gasteiger partial charge on any atom is 0.252 e. The van der Waals surface area contributed by atoms with Crippen LogP contribution in [0.15, 0.2) is 40.6 Å². The minimum atomic E-state index is -3.57. The SMILES string of the molecule is CCCCCCC(N)CCN(C)S(=O)(=O)c1ccc(CNC(=O)c2ccc(Cl)cc2)s1. The maximum atomic E-state index is 12.8. The normalized spacial score (nSPS) is 12.8. The number of nitrogens with two attached hydrogens (primary N) is 1. The van der Waals surface area contributed by atoms with Gasteiger partial charge in [0.2, 0.25) is 0 Å². The van der Waals surface area contributed by atoms with Crippen LogP contribution in [-0.4, -0.2) is 38.3 Å². The topological polar surface area (TPSA) is 92.5 Å². The highest BCUT2D eigenvalue weighted by Gasteiger charge is 2.23. The molecule has 2 rings (SSSR count). The van der Waals surface area contributed by atoms with Crippen LogP contribution in [0.25, 0.3) is 0 Å². The van der Waals surface area contributed by atoms with E-state index < -0.39 is 10.0 Å². The van der Waals surface area contributed by atoms with Crippen LogP contribution in [0.2, 0.25) is 5.02 Å². The van der Waals surface area contributed by atoms with Crippen molar-refractivity contribution in [3.05, 3.63) is 51.9 Å². The molecule has 6 nitrogen and oxygen atoms in total. The van der Waals surface area contributed by atoms with E-state index in [2.05, 4.69) is 12.2 Å². The summed E-state index contributed by atoms with van der Waals surface area (Å²) in [6.45, 7) is 2.81. The number of nitrogens with one attached hydrogen (secondary N) is 1. The van der Waals surface area contributed by atoms with Crippen molar-refractivity contribution in [2.24, 2.45) is 5.73 Å². The van der Waals surface area contributed by atoms with Gasteiger partial charge in [-0.15, -0.1) is 11.3 Å². The Labute approximate surface area is 194 Å². The molecule has 0 fully saturated rings. The lowest BCUT2D eigenvalue weighted by Gasteiger charge is -2.18. The highest BCUT2D eigenvalue weighted by molar-refractivity contribution is 7.91. The molecule has 0 bridgehead atoms. The van der Waals surface area contributed by atoms with Gasteiger partial charge in [0.15, 0.2) is 0 Å². The first-order valence-corrected chi connectivity index (χ1v) is 13.2. The van der Waals surface area contributed by atoms with E-state index in [1.807, 2.05) is 0 Å². The number of rotatable bonds is 13. The summed E-state index contributed by atoms with van der Waals surface area (Å²) in [6.07, 6.45) is 6.21. The smallest absolute Gasteiger partial charge is 0.252 e. The van der Waals surface area contributed by atoms with Crippen LogP contribution in [0.5, 0.6) is 0 Å². The second-order valence-electron chi connectivity index (χ2n) is 7.63. The van der Waals surface area contributed by atoms with Gasteiger partial charge < -0.3 is 11.1 Å². The first-order valence-electron chi connectivity index (χ1n) is 10.6. The molecule has 1 aromatic heterocycles. The molecule has 1 unspecified atom stereocenters. The van der Waals surface area contributed by atoms with Gasteiger partial charge in [0.1, 0.15) is 4.21 Å². The number of carbonyl (C=O) groups excluding carboxylic acids is 1. The van der Waals surface area contributed by atoms with E-state index in [1.165, 1.54) is 23.6 Å². The number of hydrogen-bond donors (Lipinski definition) is 2. The minimum absolute atomic E-state index is 0.0106.